The van der Waals surface area contributed by atoms with Crippen LogP contribution in [-0.2, 0) is 0 Å². The Morgan fingerprint density at radius 1 is 0.263 bits per heavy atom. The molecule has 1 nitrogen and oxygen atoms in total. The molecule has 0 amide bonds. The molecule has 0 saturated heterocycles. The fourth-order valence-electron chi connectivity index (χ4n) is 10.8. The van der Waals surface area contributed by atoms with E-state index < -0.39 is 16.1 Å². The van der Waals surface area contributed by atoms with E-state index in [1.165, 1.54) is 91.2 Å². The first kappa shape index (κ1) is 32.5. The molecule has 0 aliphatic carbocycles. The van der Waals surface area contributed by atoms with Crippen LogP contribution in [0, 0.1) is 0 Å². The summed E-state index contributed by atoms with van der Waals surface area (Å²) < 4.78 is 2.48. The fraction of sp³-hybridized carbons (Fsp3) is 0. The predicted molar refractivity (Wildman–Crippen MR) is 246 cm³/mol. The summed E-state index contributed by atoms with van der Waals surface area (Å²) >= 11 is 0. The van der Waals surface area contributed by atoms with Crippen LogP contribution in [0.25, 0.3) is 49.7 Å². The molecule has 0 radical (unpaired) electrons. The van der Waals surface area contributed by atoms with E-state index in [0.29, 0.717) is 0 Å². The normalized spacial score (nSPS) is 14.2. The molecule has 0 bridgehead atoms. The van der Waals surface area contributed by atoms with Gasteiger partial charge in [0.2, 0.25) is 0 Å². The van der Waals surface area contributed by atoms with E-state index in [9.17, 15) is 0 Å². The standard InChI is InChI=1S/C54H37NSi2/c1-4-18-38(19-5-1)55-49-34-32-41(56(39-20-6-2-7-21-39)51-28-14-10-24-43(51)44-25-11-15-29-52(44)56)36-47(49)48-37-42(33-35-50(48)55)57(40-22-8-3-9-23-40)53-30-16-12-26-45(53)46-27-13-17-31-54(46)57/h1-37H. The Hall–Kier alpha value is -6.79. The largest absolute Gasteiger partial charge is 0.309 e. The Morgan fingerprint density at radius 2 is 0.579 bits per heavy atom. The number of para-hydroxylation sites is 1. The molecular weight excluding hydrogens is 719 g/mol. The van der Waals surface area contributed by atoms with Crippen LogP contribution in [0.2, 0.25) is 0 Å². The molecule has 3 heterocycles. The Balaban J connectivity index is 1.21. The van der Waals surface area contributed by atoms with Gasteiger partial charge in [-0.25, -0.2) is 0 Å². The molecule has 0 fully saturated rings. The third kappa shape index (κ3) is 4.33. The van der Waals surface area contributed by atoms with Gasteiger partial charge in [-0.3, -0.25) is 0 Å². The number of benzene rings is 9. The van der Waals surface area contributed by atoms with Crippen LogP contribution in [0.5, 0.6) is 0 Å². The molecule has 266 valence electrons. The zero-order valence-corrected chi connectivity index (χ0v) is 33.3. The van der Waals surface area contributed by atoms with Crippen molar-refractivity contribution in [3.63, 3.8) is 0 Å². The van der Waals surface area contributed by atoms with Crippen LogP contribution in [0.4, 0.5) is 0 Å². The van der Waals surface area contributed by atoms with E-state index in [1.807, 2.05) is 0 Å². The van der Waals surface area contributed by atoms with Gasteiger partial charge in [0, 0.05) is 16.5 Å². The molecular formula is C54H37NSi2. The highest BCUT2D eigenvalue weighted by atomic mass is 28.3. The van der Waals surface area contributed by atoms with Crippen molar-refractivity contribution >= 4 is 79.4 Å². The third-order valence-electron chi connectivity index (χ3n) is 13.0. The van der Waals surface area contributed by atoms with E-state index in [-0.39, 0.29) is 0 Å². The molecule has 0 saturated carbocycles. The Morgan fingerprint density at radius 3 is 0.947 bits per heavy atom. The van der Waals surface area contributed by atoms with Crippen LogP contribution in [0.3, 0.4) is 0 Å². The van der Waals surface area contributed by atoms with Crippen molar-refractivity contribution in [2.75, 3.05) is 0 Å². The van der Waals surface area contributed by atoms with Gasteiger partial charge in [0.15, 0.2) is 16.1 Å². The smallest absolute Gasteiger partial charge is 0.180 e. The molecule has 2 aliphatic heterocycles. The van der Waals surface area contributed by atoms with Crippen molar-refractivity contribution in [3.05, 3.63) is 224 Å². The van der Waals surface area contributed by atoms with E-state index in [1.54, 1.807) is 0 Å². The highest BCUT2D eigenvalue weighted by molar-refractivity contribution is 7.23. The Labute approximate surface area is 334 Å². The van der Waals surface area contributed by atoms with Gasteiger partial charge < -0.3 is 4.57 Å². The van der Waals surface area contributed by atoms with Gasteiger partial charge in [-0.15, -0.1) is 0 Å². The van der Waals surface area contributed by atoms with Crippen LogP contribution in [0.1, 0.15) is 0 Å². The first-order chi connectivity index (χ1) is 28.3. The number of rotatable bonds is 5. The summed E-state index contributed by atoms with van der Waals surface area (Å²) in [6.07, 6.45) is 0. The van der Waals surface area contributed by atoms with Crippen molar-refractivity contribution in [2.24, 2.45) is 0 Å². The monoisotopic (exact) mass is 755 g/mol. The van der Waals surface area contributed by atoms with Crippen molar-refractivity contribution < 1.29 is 0 Å². The maximum absolute atomic E-state index is 2.70. The van der Waals surface area contributed by atoms with Gasteiger partial charge in [0.05, 0.1) is 11.0 Å². The molecule has 3 heteroatoms. The molecule has 9 aromatic carbocycles. The number of hydrogen-bond acceptors (Lipinski definition) is 0. The molecule has 0 atom stereocenters. The molecule has 2 aliphatic rings. The molecule has 10 aromatic rings. The minimum absolute atomic E-state index is 1.18. The third-order valence-corrected chi connectivity index (χ3v) is 22.7. The second-order valence-electron chi connectivity index (χ2n) is 15.5. The maximum Gasteiger partial charge on any atom is 0.180 e. The molecule has 0 spiro atoms. The Bertz CT molecular complexity index is 2900. The van der Waals surface area contributed by atoms with E-state index in [2.05, 4.69) is 229 Å². The maximum atomic E-state index is 2.59. The lowest BCUT2D eigenvalue weighted by atomic mass is 10.1. The van der Waals surface area contributed by atoms with Crippen LogP contribution < -0.4 is 41.5 Å². The topological polar surface area (TPSA) is 4.93 Å². The van der Waals surface area contributed by atoms with Gasteiger partial charge in [0.25, 0.3) is 0 Å². The summed E-state index contributed by atoms with van der Waals surface area (Å²) in [5.74, 6) is 0. The minimum Gasteiger partial charge on any atom is -0.309 e. The first-order valence-corrected chi connectivity index (χ1v) is 23.9. The van der Waals surface area contributed by atoms with E-state index in [0.717, 1.165) is 0 Å². The van der Waals surface area contributed by atoms with Gasteiger partial charge in [-0.05, 0) is 88.0 Å². The summed E-state index contributed by atoms with van der Waals surface area (Å²) in [6.45, 7) is 0. The average molecular weight is 756 g/mol. The SMILES string of the molecule is c1ccc(-n2c3ccc([Si]4(c5ccccc5)c5ccccc5-c5ccccc54)cc3c3cc([Si]4(c5ccccc5)c5ccccc5-c5ccccc54)ccc32)cc1. The minimum atomic E-state index is -2.70. The van der Waals surface area contributed by atoms with Crippen LogP contribution in [-0.4, -0.2) is 20.7 Å². The number of aromatic nitrogens is 1. The van der Waals surface area contributed by atoms with Gasteiger partial charge in [-0.1, -0.05) is 200 Å². The zero-order chi connectivity index (χ0) is 37.6. The van der Waals surface area contributed by atoms with Crippen LogP contribution >= 0.6 is 0 Å². The highest BCUT2D eigenvalue weighted by Crippen LogP contribution is 2.35. The fourth-order valence-corrected chi connectivity index (χ4v) is 21.2. The van der Waals surface area contributed by atoms with E-state index in [4.69, 9.17) is 0 Å². The van der Waals surface area contributed by atoms with Crippen molar-refractivity contribution in [1.82, 2.24) is 4.57 Å². The van der Waals surface area contributed by atoms with Gasteiger partial charge in [0.1, 0.15) is 0 Å². The van der Waals surface area contributed by atoms with Crippen LogP contribution in [0.15, 0.2) is 224 Å². The predicted octanol–water partition coefficient (Wildman–Crippen LogP) is 7.50. The lowest BCUT2D eigenvalue weighted by Crippen LogP contribution is -2.72. The molecule has 1 aromatic heterocycles. The Kier molecular flexibility index (Phi) is 7.04. The van der Waals surface area contributed by atoms with Crippen molar-refractivity contribution in [1.29, 1.82) is 0 Å². The van der Waals surface area contributed by atoms with Gasteiger partial charge in [-0.2, -0.15) is 0 Å². The number of hydrogen-bond donors (Lipinski definition) is 0. The summed E-state index contributed by atoms with van der Waals surface area (Å²) in [7, 11) is -5.41. The molecule has 0 N–H and O–H groups in total. The molecule has 12 rings (SSSR count). The second-order valence-corrected chi connectivity index (χ2v) is 23.0. The summed E-state index contributed by atoms with van der Waals surface area (Å²) in [5, 5.41) is 14.2. The van der Waals surface area contributed by atoms with Crippen molar-refractivity contribution in [3.8, 4) is 27.9 Å². The van der Waals surface area contributed by atoms with Crippen molar-refractivity contribution in [2.45, 2.75) is 0 Å². The number of nitrogens with zero attached hydrogens (tertiary/aromatic N) is 1. The van der Waals surface area contributed by atoms with E-state index >= 15 is 0 Å². The lowest BCUT2D eigenvalue weighted by Gasteiger charge is -2.31. The second kappa shape index (κ2) is 12.4. The molecule has 0 unspecified atom stereocenters. The molecule has 57 heavy (non-hydrogen) atoms. The first-order valence-electron chi connectivity index (χ1n) is 19.9. The summed E-state index contributed by atoms with van der Waals surface area (Å²) in [4.78, 5) is 0. The van der Waals surface area contributed by atoms with Gasteiger partial charge >= 0.3 is 0 Å². The quantitative estimate of drug-likeness (QED) is 0.161. The summed E-state index contributed by atoms with van der Waals surface area (Å²) in [6, 6.07) is 85.4. The lowest BCUT2D eigenvalue weighted by molar-refractivity contribution is 1.18. The average Bonchev–Trinajstić information content (AvgIpc) is 3.90. The zero-order valence-electron chi connectivity index (χ0n) is 31.3. The highest BCUT2D eigenvalue weighted by Gasteiger charge is 2.50. The number of fused-ring (bicyclic) bond motifs is 9. The summed E-state index contributed by atoms with van der Waals surface area (Å²) in [5.41, 5.74) is 9.11.